The number of halogens is 3. The number of sulfonamides is 1. The second kappa shape index (κ2) is 11.4. The minimum Gasteiger partial charge on any atom is -0.352 e. The fraction of sp³-hybridized carbons (Fsp3) is 0.364. The highest BCUT2D eigenvalue weighted by Gasteiger charge is 2.31. The minimum absolute atomic E-state index is 0.00406. The summed E-state index contributed by atoms with van der Waals surface area (Å²) in [6.45, 7) is 4.67. The van der Waals surface area contributed by atoms with Crippen molar-refractivity contribution in [3.63, 3.8) is 0 Å². The van der Waals surface area contributed by atoms with Crippen molar-refractivity contribution in [2.75, 3.05) is 17.1 Å². The van der Waals surface area contributed by atoms with Crippen LogP contribution >= 0.6 is 34.8 Å². The molecule has 0 spiro atoms. The van der Waals surface area contributed by atoms with E-state index in [-0.39, 0.29) is 34.2 Å². The topological polar surface area (TPSA) is 86.8 Å². The van der Waals surface area contributed by atoms with Gasteiger partial charge in [0.05, 0.1) is 22.0 Å². The van der Waals surface area contributed by atoms with Crippen LogP contribution in [-0.4, -0.2) is 50.0 Å². The van der Waals surface area contributed by atoms with E-state index in [9.17, 15) is 18.0 Å². The minimum atomic E-state index is -3.91. The monoisotopic (exact) mass is 533 g/mol. The van der Waals surface area contributed by atoms with Crippen molar-refractivity contribution in [3.05, 3.63) is 63.1 Å². The summed E-state index contributed by atoms with van der Waals surface area (Å²) in [7, 11) is -3.91. The number of rotatable bonds is 9. The van der Waals surface area contributed by atoms with Gasteiger partial charge < -0.3 is 10.2 Å². The normalized spacial score (nSPS) is 12.4. The first kappa shape index (κ1) is 27.2. The van der Waals surface area contributed by atoms with Crippen molar-refractivity contribution in [1.82, 2.24) is 10.2 Å². The Morgan fingerprint density at radius 2 is 1.67 bits per heavy atom. The summed E-state index contributed by atoms with van der Waals surface area (Å²) >= 11 is 18.4. The van der Waals surface area contributed by atoms with E-state index in [0.717, 1.165) is 10.6 Å². The molecule has 2 aromatic rings. The summed E-state index contributed by atoms with van der Waals surface area (Å²) in [5.41, 5.74) is 0.758. The summed E-state index contributed by atoms with van der Waals surface area (Å²) in [4.78, 5) is 27.4. The molecule has 1 atom stereocenters. The van der Waals surface area contributed by atoms with E-state index in [0.29, 0.717) is 10.6 Å². The first-order valence-corrected chi connectivity index (χ1v) is 13.1. The molecule has 0 radical (unpaired) electrons. The van der Waals surface area contributed by atoms with Gasteiger partial charge in [-0.25, -0.2) is 8.42 Å². The molecule has 0 aliphatic carbocycles. The van der Waals surface area contributed by atoms with Crippen LogP contribution in [0.5, 0.6) is 0 Å². The lowest BCUT2D eigenvalue weighted by atomic mass is 10.1. The van der Waals surface area contributed by atoms with Gasteiger partial charge in [0, 0.05) is 17.6 Å². The summed E-state index contributed by atoms with van der Waals surface area (Å²) in [6.07, 6.45) is 0.966. The largest absolute Gasteiger partial charge is 0.352 e. The summed E-state index contributed by atoms with van der Waals surface area (Å²) < 4.78 is 26.0. The van der Waals surface area contributed by atoms with E-state index in [1.807, 2.05) is 0 Å². The molecule has 0 saturated heterocycles. The third kappa shape index (κ3) is 7.50. The number of anilines is 1. The lowest BCUT2D eigenvalue weighted by molar-refractivity contribution is -0.139. The Hall–Kier alpha value is -2.00. The van der Waals surface area contributed by atoms with Crippen LogP contribution in [0.2, 0.25) is 15.1 Å². The van der Waals surface area contributed by atoms with Gasteiger partial charge in [0.25, 0.3) is 0 Å². The lowest BCUT2D eigenvalue weighted by Crippen LogP contribution is -2.52. The van der Waals surface area contributed by atoms with Crippen molar-refractivity contribution in [3.8, 4) is 0 Å². The van der Waals surface area contributed by atoms with E-state index < -0.39 is 28.5 Å². The van der Waals surface area contributed by atoms with Crippen molar-refractivity contribution in [1.29, 1.82) is 0 Å². The van der Waals surface area contributed by atoms with Crippen molar-refractivity contribution in [2.45, 2.75) is 39.4 Å². The zero-order chi connectivity index (χ0) is 24.9. The lowest BCUT2D eigenvalue weighted by Gasteiger charge is -2.32. The second-order valence-corrected chi connectivity index (χ2v) is 11.0. The van der Waals surface area contributed by atoms with Gasteiger partial charge in [0.2, 0.25) is 21.8 Å². The number of hydrogen-bond donors (Lipinski definition) is 1. The van der Waals surface area contributed by atoms with Crippen LogP contribution < -0.4 is 9.62 Å². The predicted octanol–water partition coefficient (Wildman–Crippen LogP) is 4.35. The maximum absolute atomic E-state index is 13.4. The smallest absolute Gasteiger partial charge is 0.244 e. The Morgan fingerprint density at radius 1 is 1.03 bits per heavy atom. The van der Waals surface area contributed by atoms with Crippen molar-refractivity contribution in [2.24, 2.45) is 0 Å². The molecule has 0 saturated carbocycles. The Labute approximate surface area is 209 Å². The van der Waals surface area contributed by atoms with E-state index >= 15 is 0 Å². The van der Waals surface area contributed by atoms with Crippen LogP contribution in [0.25, 0.3) is 0 Å². The number of carbonyl (C=O) groups excluding carboxylic acids is 2. The van der Waals surface area contributed by atoms with Gasteiger partial charge in [-0.05, 0) is 50.6 Å². The molecule has 180 valence electrons. The van der Waals surface area contributed by atoms with Crippen molar-refractivity contribution >= 4 is 62.3 Å². The van der Waals surface area contributed by atoms with E-state index in [1.165, 1.54) is 23.1 Å². The zero-order valence-corrected chi connectivity index (χ0v) is 21.8. The van der Waals surface area contributed by atoms with E-state index in [4.69, 9.17) is 34.8 Å². The van der Waals surface area contributed by atoms with Gasteiger partial charge >= 0.3 is 0 Å². The summed E-state index contributed by atoms with van der Waals surface area (Å²) in [5.74, 6) is -0.963. The highest BCUT2D eigenvalue weighted by molar-refractivity contribution is 7.92. The summed E-state index contributed by atoms with van der Waals surface area (Å²) in [6, 6.07) is 10.4. The molecule has 7 nitrogen and oxygen atoms in total. The third-order valence-corrected chi connectivity index (χ3v) is 6.89. The molecular formula is C22H26Cl3N3O4S. The molecule has 2 rings (SSSR count). The van der Waals surface area contributed by atoms with Crippen LogP contribution in [0.15, 0.2) is 42.5 Å². The van der Waals surface area contributed by atoms with Crippen LogP contribution in [0.1, 0.15) is 26.3 Å². The molecule has 0 aliphatic heterocycles. The van der Waals surface area contributed by atoms with E-state index in [1.54, 1.807) is 45.0 Å². The quantitative estimate of drug-likeness (QED) is 0.518. The van der Waals surface area contributed by atoms with Crippen LogP contribution in [0, 0.1) is 0 Å². The standard InChI is InChI=1S/C22H26Cl3N3O4S/c1-14(2)26-22(30)15(3)27(12-16-7-5-8-17(23)11-16)20(29)13-28(33(4,31)32)19-10-6-9-18(24)21(19)25/h5-11,14-15H,12-13H2,1-4H3,(H,26,30)/t15-/m0/s1. The molecule has 1 N–H and O–H groups in total. The fourth-order valence-electron chi connectivity index (χ4n) is 3.10. The first-order chi connectivity index (χ1) is 15.3. The molecule has 11 heteroatoms. The van der Waals surface area contributed by atoms with Gasteiger partial charge in [-0.2, -0.15) is 0 Å². The second-order valence-electron chi connectivity index (χ2n) is 7.83. The molecule has 0 heterocycles. The number of amides is 2. The first-order valence-electron chi connectivity index (χ1n) is 10.1. The molecule has 0 fully saturated rings. The highest BCUT2D eigenvalue weighted by Crippen LogP contribution is 2.33. The summed E-state index contributed by atoms with van der Waals surface area (Å²) in [5, 5.41) is 3.41. The SMILES string of the molecule is CC(C)NC(=O)[C@H](C)N(Cc1cccc(Cl)c1)C(=O)CN(c1cccc(Cl)c1Cl)S(C)(=O)=O. The number of hydrogen-bond acceptors (Lipinski definition) is 4. The van der Waals surface area contributed by atoms with Gasteiger partial charge in [0.15, 0.2) is 0 Å². The average Bonchev–Trinajstić information content (AvgIpc) is 2.70. The average molecular weight is 535 g/mol. The highest BCUT2D eigenvalue weighted by atomic mass is 35.5. The number of nitrogens with one attached hydrogen (secondary N) is 1. The molecule has 2 aromatic carbocycles. The molecule has 0 bridgehead atoms. The molecule has 33 heavy (non-hydrogen) atoms. The van der Waals surface area contributed by atoms with Gasteiger partial charge in [0.1, 0.15) is 12.6 Å². The molecular weight excluding hydrogens is 509 g/mol. The van der Waals surface area contributed by atoms with E-state index in [2.05, 4.69) is 5.32 Å². The van der Waals surface area contributed by atoms with Gasteiger partial charge in [-0.3, -0.25) is 13.9 Å². The van der Waals surface area contributed by atoms with Crippen LogP contribution in [0.4, 0.5) is 5.69 Å². The maximum atomic E-state index is 13.4. The maximum Gasteiger partial charge on any atom is 0.244 e. The van der Waals surface area contributed by atoms with Crippen molar-refractivity contribution < 1.29 is 18.0 Å². The van der Waals surface area contributed by atoms with Gasteiger partial charge in [-0.15, -0.1) is 0 Å². The Kier molecular flexibility index (Phi) is 9.43. The Morgan fingerprint density at radius 3 is 2.24 bits per heavy atom. The zero-order valence-electron chi connectivity index (χ0n) is 18.7. The number of nitrogens with zero attached hydrogens (tertiary/aromatic N) is 2. The molecule has 0 aliphatic rings. The Balaban J connectivity index is 2.44. The van der Waals surface area contributed by atoms with Crippen LogP contribution in [0.3, 0.4) is 0 Å². The molecule has 2 amide bonds. The number of carbonyl (C=O) groups is 2. The molecule has 0 aromatic heterocycles. The fourth-order valence-corrected chi connectivity index (χ4v) is 4.61. The van der Waals surface area contributed by atoms with Crippen LogP contribution in [-0.2, 0) is 26.2 Å². The third-order valence-electron chi connectivity index (χ3n) is 4.72. The Bertz CT molecular complexity index is 1130. The van der Waals surface area contributed by atoms with Gasteiger partial charge in [-0.1, -0.05) is 53.0 Å². The predicted molar refractivity (Wildman–Crippen MR) is 133 cm³/mol. The molecule has 0 unspecified atom stereocenters. The number of benzene rings is 2.